The Morgan fingerprint density at radius 1 is 1.38 bits per heavy atom. The maximum absolute atomic E-state index is 11.9. The van der Waals surface area contributed by atoms with Gasteiger partial charge in [0.15, 0.2) is 5.82 Å². The van der Waals surface area contributed by atoms with Crippen molar-refractivity contribution in [2.75, 3.05) is 13.2 Å². The molecule has 118 valence electrons. The Balaban J connectivity index is 1.76. The largest absolute Gasteiger partial charge is 0.396 e. The third-order valence-corrected chi connectivity index (χ3v) is 4.23. The lowest BCUT2D eigenvalue weighted by Crippen LogP contribution is -2.43. The van der Waals surface area contributed by atoms with Crippen LogP contribution in [0.3, 0.4) is 0 Å². The summed E-state index contributed by atoms with van der Waals surface area (Å²) < 4.78 is 1.60. The number of aromatic nitrogens is 3. The summed E-state index contributed by atoms with van der Waals surface area (Å²) in [5.41, 5.74) is 0.0631. The summed E-state index contributed by atoms with van der Waals surface area (Å²) in [5.74, 6) is 0.593. The number of amides is 2. The van der Waals surface area contributed by atoms with Gasteiger partial charge >= 0.3 is 6.03 Å². The Kier molecular flexibility index (Phi) is 5.55. The van der Waals surface area contributed by atoms with Gasteiger partial charge in [-0.05, 0) is 24.7 Å². The molecule has 0 atom stereocenters. The topological polar surface area (TPSA) is 92.1 Å². The fourth-order valence-electron chi connectivity index (χ4n) is 3.01. The first-order chi connectivity index (χ1) is 10.1. The van der Waals surface area contributed by atoms with Gasteiger partial charge < -0.3 is 15.7 Å². The Bertz CT molecular complexity index is 448. The van der Waals surface area contributed by atoms with E-state index in [1.54, 1.807) is 18.1 Å². The van der Waals surface area contributed by atoms with Gasteiger partial charge in [-0.3, -0.25) is 4.68 Å². The molecule has 0 aromatic carbocycles. The van der Waals surface area contributed by atoms with Crippen LogP contribution in [0.4, 0.5) is 4.79 Å². The van der Waals surface area contributed by atoms with Crippen molar-refractivity contribution >= 4 is 6.03 Å². The molecule has 1 saturated carbocycles. The van der Waals surface area contributed by atoms with E-state index < -0.39 is 0 Å². The van der Waals surface area contributed by atoms with Crippen molar-refractivity contribution in [1.29, 1.82) is 0 Å². The summed E-state index contributed by atoms with van der Waals surface area (Å²) in [4.78, 5) is 15.9. The third kappa shape index (κ3) is 4.70. The molecule has 1 aliphatic rings. The number of aryl methyl sites for hydroxylation is 1. The van der Waals surface area contributed by atoms with E-state index in [1.165, 1.54) is 19.3 Å². The molecule has 0 aliphatic heterocycles. The van der Waals surface area contributed by atoms with Crippen LogP contribution in [0.5, 0.6) is 0 Å². The van der Waals surface area contributed by atoms with Crippen LogP contribution in [0.1, 0.15) is 44.3 Å². The predicted molar refractivity (Wildman–Crippen MR) is 78.5 cm³/mol. The van der Waals surface area contributed by atoms with Gasteiger partial charge in [0.05, 0.1) is 6.54 Å². The summed E-state index contributed by atoms with van der Waals surface area (Å²) in [6.07, 6.45) is 8.14. The third-order valence-electron chi connectivity index (χ3n) is 4.23. The number of rotatable bonds is 6. The molecule has 1 aromatic rings. The van der Waals surface area contributed by atoms with Gasteiger partial charge in [0.1, 0.15) is 6.33 Å². The van der Waals surface area contributed by atoms with Crippen molar-refractivity contribution in [3.8, 4) is 0 Å². The number of nitrogens with one attached hydrogen (secondary N) is 2. The molecule has 1 fully saturated rings. The number of nitrogens with zero attached hydrogens (tertiary/aromatic N) is 3. The summed E-state index contributed by atoms with van der Waals surface area (Å²) in [6.45, 7) is 1.12. The Morgan fingerprint density at radius 3 is 2.76 bits per heavy atom. The van der Waals surface area contributed by atoms with Gasteiger partial charge in [0, 0.05) is 20.2 Å². The van der Waals surface area contributed by atoms with E-state index in [4.69, 9.17) is 0 Å². The quantitative estimate of drug-likeness (QED) is 0.728. The van der Waals surface area contributed by atoms with Gasteiger partial charge in [0.2, 0.25) is 0 Å². The van der Waals surface area contributed by atoms with E-state index in [0.717, 1.165) is 19.3 Å². The van der Waals surface area contributed by atoms with Crippen molar-refractivity contribution in [3.63, 3.8) is 0 Å². The SMILES string of the molecule is Cn1cnc(CNC(=O)NCC2(CCO)CCCCC2)n1. The minimum absolute atomic E-state index is 0.0631. The van der Waals surface area contributed by atoms with E-state index in [0.29, 0.717) is 18.9 Å². The first kappa shape index (κ1) is 15.8. The standard InChI is InChI=1S/C14H25N5O2/c1-19-11-17-12(18-19)9-15-13(21)16-10-14(7-8-20)5-3-2-4-6-14/h11,20H,2-10H2,1H3,(H2,15,16,21). The molecular formula is C14H25N5O2. The van der Waals surface area contributed by atoms with Gasteiger partial charge in [-0.15, -0.1) is 0 Å². The van der Waals surface area contributed by atoms with Crippen LogP contribution in [-0.2, 0) is 13.6 Å². The first-order valence-corrected chi connectivity index (χ1v) is 7.61. The Labute approximate surface area is 125 Å². The summed E-state index contributed by atoms with van der Waals surface area (Å²) in [5, 5.41) is 19.1. The van der Waals surface area contributed by atoms with Crippen LogP contribution >= 0.6 is 0 Å². The molecule has 2 amide bonds. The molecule has 1 aliphatic carbocycles. The van der Waals surface area contributed by atoms with Crippen molar-refractivity contribution in [1.82, 2.24) is 25.4 Å². The molecule has 1 heterocycles. The first-order valence-electron chi connectivity index (χ1n) is 7.61. The Morgan fingerprint density at radius 2 is 2.14 bits per heavy atom. The number of urea groups is 1. The van der Waals surface area contributed by atoms with Gasteiger partial charge in [0.25, 0.3) is 0 Å². The smallest absolute Gasteiger partial charge is 0.315 e. The molecule has 0 radical (unpaired) electrons. The number of aliphatic hydroxyl groups is 1. The number of aliphatic hydroxyl groups excluding tert-OH is 1. The van der Waals surface area contributed by atoms with E-state index in [2.05, 4.69) is 20.7 Å². The lowest BCUT2D eigenvalue weighted by molar-refractivity contribution is 0.127. The lowest BCUT2D eigenvalue weighted by Gasteiger charge is -2.37. The summed E-state index contributed by atoms with van der Waals surface area (Å²) >= 11 is 0. The molecule has 0 saturated heterocycles. The molecule has 0 spiro atoms. The normalized spacial score (nSPS) is 17.4. The minimum atomic E-state index is -0.203. The maximum atomic E-state index is 11.9. The zero-order valence-electron chi connectivity index (χ0n) is 12.6. The van der Waals surface area contributed by atoms with Crippen LogP contribution < -0.4 is 10.6 Å². The predicted octanol–water partition coefficient (Wildman–Crippen LogP) is 0.947. The summed E-state index contributed by atoms with van der Waals surface area (Å²) in [7, 11) is 1.79. The zero-order chi connectivity index (χ0) is 15.1. The molecule has 0 bridgehead atoms. The molecule has 1 aromatic heterocycles. The number of carbonyl (C=O) groups excluding carboxylic acids is 1. The second kappa shape index (κ2) is 7.40. The molecule has 2 rings (SSSR count). The number of carbonyl (C=O) groups is 1. The van der Waals surface area contributed by atoms with E-state index >= 15 is 0 Å². The van der Waals surface area contributed by atoms with Crippen molar-refractivity contribution < 1.29 is 9.90 Å². The molecular weight excluding hydrogens is 270 g/mol. The lowest BCUT2D eigenvalue weighted by atomic mass is 9.72. The fourth-order valence-corrected chi connectivity index (χ4v) is 3.01. The maximum Gasteiger partial charge on any atom is 0.315 e. The van der Waals surface area contributed by atoms with Crippen LogP contribution in [0.15, 0.2) is 6.33 Å². The second-order valence-electron chi connectivity index (χ2n) is 5.90. The average molecular weight is 295 g/mol. The minimum Gasteiger partial charge on any atom is -0.396 e. The second-order valence-corrected chi connectivity index (χ2v) is 5.90. The van der Waals surface area contributed by atoms with Crippen LogP contribution in [0.25, 0.3) is 0 Å². The monoisotopic (exact) mass is 295 g/mol. The molecule has 21 heavy (non-hydrogen) atoms. The fraction of sp³-hybridized carbons (Fsp3) is 0.786. The Hall–Kier alpha value is -1.63. The highest BCUT2D eigenvalue weighted by molar-refractivity contribution is 5.73. The van der Waals surface area contributed by atoms with Crippen molar-refractivity contribution in [2.45, 2.75) is 45.1 Å². The molecule has 7 heteroatoms. The highest BCUT2D eigenvalue weighted by atomic mass is 16.3. The van der Waals surface area contributed by atoms with Crippen LogP contribution in [0, 0.1) is 5.41 Å². The van der Waals surface area contributed by atoms with E-state index in [9.17, 15) is 9.90 Å². The van der Waals surface area contributed by atoms with Crippen molar-refractivity contribution in [3.05, 3.63) is 12.2 Å². The molecule has 7 nitrogen and oxygen atoms in total. The molecule has 3 N–H and O–H groups in total. The van der Waals surface area contributed by atoms with Gasteiger partial charge in [-0.2, -0.15) is 5.10 Å². The highest BCUT2D eigenvalue weighted by Crippen LogP contribution is 2.38. The zero-order valence-corrected chi connectivity index (χ0v) is 12.6. The number of hydrogen-bond acceptors (Lipinski definition) is 4. The number of hydrogen-bond donors (Lipinski definition) is 3. The highest BCUT2D eigenvalue weighted by Gasteiger charge is 2.31. The molecule has 0 unspecified atom stereocenters. The van der Waals surface area contributed by atoms with Gasteiger partial charge in [-0.25, -0.2) is 9.78 Å². The van der Waals surface area contributed by atoms with E-state index in [1.807, 2.05) is 0 Å². The summed E-state index contributed by atoms with van der Waals surface area (Å²) in [6, 6.07) is -0.203. The van der Waals surface area contributed by atoms with Crippen molar-refractivity contribution in [2.24, 2.45) is 12.5 Å². The van der Waals surface area contributed by atoms with E-state index in [-0.39, 0.29) is 18.1 Å². The van der Waals surface area contributed by atoms with Crippen LogP contribution in [0.2, 0.25) is 0 Å². The van der Waals surface area contributed by atoms with Gasteiger partial charge in [-0.1, -0.05) is 19.3 Å². The average Bonchev–Trinajstić information content (AvgIpc) is 2.90. The van der Waals surface area contributed by atoms with Crippen LogP contribution in [-0.4, -0.2) is 39.1 Å².